The number of hydrogen-bond donors (Lipinski definition) is 1. The highest BCUT2D eigenvalue weighted by atomic mass is 16.3. The van der Waals surface area contributed by atoms with Crippen LogP contribution in [0.1, 0.15) is 59.1 Å². The Morgan fingerprint density at radius 2 is 1.60 bits per heavy atom. The summed E-state index contributed by atoms with van der Waals surface area (Å²) in [5.74, 6) is 0.880. The van der Waals surface area contributed by atoms with E-state index >= 15 is 0 Å². The van der Waals surface area contributed by atoms with Gasteiger partial charge in [0.05, 0.1) is 6.10 Å². The van der Waals surface area contributed by atoms with Gasteiger partial charge in [-0.15, -0.1) is 0 Å². The van der Waals surface area contributed by atoms with Crippen molar-refractivity contribution in [2.45, 2.75) is 53.6 Å². The largest absolute Gasteiger partial charge is 0.388 e. The number of aliphatic hydroxyl groups excluding tert-OH is 1. The maximum absolute atomic E-state index is 12.6. The van der Waals surface area contributed by atoms with Crippen molar-refractivity contribution in [2.24, 2.45) is 17.3 Å². The third-order valence-corrected chi connectivity index (χ3v) is 4.83. The number of Topliss-reactive ketones (excluding diaryl/α,β-unsaturated/α-hetero) is 1. The fraction of sp³-hybridized carbons (Fsp3) is 0.611. The number of ketones is 1. The third kappa shape index (κ3) is 3.69. The molecule has 0 amide bonds. The second-order valence-corrected chi connectivity index (χ2v) is 6.48. The Morgan fingerprint density at radius 1 is 1.10 bits per heavy atom. The number of rotatable bonds is 7. The summed E-state index contributed by atoms with van der Waals surface area (Å²) < 4.78 is 0. The lowest BCUT2D eigenvalue weighted by atomic mass is 9.66. The molecule has 112 valence electrons. The molecule has 2 nitrogen and oxygen atoms in total. The average Bonchev–Trinajstić information content (AvgIpc) is 2.43. The molecule has 1 atom stereocenters. The van der Waals surface area contributed by atoms with Gasteiger partial charge in [-0.25, -0.2) is 0 Å². The van der Waals surface area contributed by atoms with E-state index in [1.54, 1.807) is 0 Å². The van der Waals surface area contributed by atoms with Gasteiger partial charge in [0.15, 0.2) is 0 Å². The first-order chi connectivity index (χ1) is 9.30. The maximum atomic E-state index is 12.6. The maximum Gasteiger partial charge on any atom is 0.139 e. The molecule has 0 spiro atoms. The highest BCUT2D eigenvalue weighted by Crippen LogP contribution is 2.38. The SMILES string of the molecule is CC(C)C(C)(C(=O)CC[C@@H](O)c1ccccc1)C(C)C. The van der Waals surface area contributed by atoms with Crippen LogP contribution in [-0.2, 0) is 4.79 Å². The summed E-state index contributed by atoms with van der Waals surface area (Å²) >= 11 is 0. The van der Waals surface area contributed by atoms with Gasteiger partial charge in [-0.2, -0.15) is 0 Å². The molecule has 1 rings (SSSR count). The third-order valence-electron chi connectivity index (χ3n) is 4.83. The average molecular weight is 276 g/mol. The lowest BCUT2D eigenvalue weighted by Crippen LogP contribution is -2.38. The monoisotopic (exact) mass is 276 g/mol. The smallest absolute Gasteiger partial charge is 0.139 e. The zero-order chi connectivity index (χ0) is 15.3. The fourth-order valence-corrected chi connectivity index (χ4v) is 2.69. The first kappa shape index (κ1) is 16.9. The summed E-state index contributed by atoms with van der Waals surface area (Å²) in [5.41, 5.74) is 0.576. The van der Waals surface area contributed by atoms with E-state index < -0.39 is 6.10 Å². The van der Waals surface area contributed by atoms with Gasteiger partial charge in [0, 0.05) is 11.8 Å². The van der Waals surface area contributed by atoms with Crippen molar-refractivity contribution in [2.75, 3.05) is 0 Å². The van der Waals surface area contributed by atoms with Crippen LogP contribution in [0.2, 0.25) is 0 Å². The summed E-state index contributed by atoms with van der Waals surface area (Å²) in [4.78, 5) is 12.6. The van der Waals surface area contributed by atoms with E-state index in [0.29, 0.717) is 24.7 Å². The Morgan fingerprint density at radius 3 is 2.05 bits per heavy atom. The van der Waals surface area contributed by atoms with E-state index in [0.717, 1.165) is 5.56 Å². The standard InChI is InChI=1S/C18H28O2/c1-13(2)18(5,14(3)4)17(20)12-11-16(19)15-9-7-6-8-10-15/h6-10,13-14,16,19H,11-12H2,1-5H3/t16-/m1/s1. The lowest BCUT2D eigenvalue weighted by Gasteiger charge is -2.36. The summed E-state index contributed by atoms with van der Waals surface area (Å²) in [6.45, 7) is 10.5. The Bertz CT molecular complexity index is 412. The molecular weight excluding hydrogens is 248 g/mol. The Hall–Kier alpha value is -1.15. The highest BCUT2D eigenvalue weighted by Gasteiger charge is 2.38. The Labute approximate surface area is 123 Å². The molecule has 0 saturated carbocycles. The second-order valence-electron chi connectivity index (χ2n) is 6.48. The molecule has 0 saturated heterocycles. The molecule has 0 radical (unpaired) electrons. The first-order valence-electron chi connectivity index (χ1n) is 7.56. The first-order valence-corrected chi connectivity index (χ1v) is 7.56. The molecule has 2 heteroatoms. The zero-order valence-electron chi connectivity index (χ0n) is 13.4. The molecule has 0 aliphatic carbocycles. The van der Waals surface area contributed by atoms with Gasteiger partial charge < -0.3 is 5.11 Å². The Balaban J connectivity index is 2.67. The van der Waals surface area contributed by atoms with E-state index in [1.165, 1.54) is 0 Å². The van der Waals surface area contributed by atoms with Gasteiger partial charge in [0.1, 0.15) is 5.78 Å². The number of carbonyl (C=O) groups is 1. The van der Waals surface area contributed by atoms with Gasteiger partial charge in [-0.1, -0.05) is 65.0 Å². The molecule has 1 aromatic carbocycles. The molecule has 0 aliphatic rings. The minimum absolute atomic E-state index is 0.262. The van der Waals surface area contributed by atoms with Crippen LogP contribution < -0.4 is 0 Å². The molecule has 0 fully saturated rings. The van der Waals surface area contributed by atoms with Crippen LogP contribution in [0.5, 0.6) is 0 Å². The van der Waals surface area contributed by atoms with Crippen molar-refractivity contribution < 1.29 is 9.90 Å². The van der Waals surface area contributed by atoms with Crippen LogP contribution in [0.4, 0.5) is 0 Å². The van der Waals surface area contributed by atoms with Crippen LogP contribution in [0.3, 0.4) is 0 Å². The quantitative estimate of drug-likeness (QED) is 0.802. The van der Waals surface area contributed by atoms with Crippen molar-refractivity contribution in [3.05, 3.63) is 35.9 Å². The predicted octanol–water partition coefficient (Wildman–Crippen LogP) is 4.39. The summed E-state index contributed by atoms with van der Waals surface area (Å²) in [6, 6.07) is 9.55. The van der Waals surface area contributed by atoms with E-state index in [9.17, 15) is 9.90 Å². The number of benzene rings is 1. The number of aliphatic hydroxyl groups is 1. The van der Waals surface area contributed by atoms with Crippen molar-refractivity contribution in [1.82, 2.24) is 0 Å². The molecule has 1 N–H and O–H groups in total. The van der Waals surface area contributed by atoms with Crippen LogP contribution in [0.25, 0.3) is 0 Å². The van der Waals surface area contributed by atoms with Crippen LogP contribution in [0, 0.1) is 17.3 Å². The summed E-state index contributed by atoms with van der Waals surface area (Å²) in [6.07, 6.45) is 0.379. The summed E-state index contributed by atoms with van der Waals surface area (Å²) in [7, 11) is 0. The summed E-state index contributed by atoms with van der Waals surface area (Å²) in [5, 5.41) is 10.2. The van der Waals surface area contributed by atoms with Crippen molar-refractivity contribution in [3.8, 4) is 0 Å². The molecule has 0 unspecified atom stereocenters. The molecule has 0 bridgehead atoms. The van der Waals surface area contributed by atoms with Crippen LogP contribution in [0.15, 0.2) is 30.3 Å². The topological polar surface area (TPSA) is 37.3 Å². The molecule has 0 aliphatic heterocycles. The van der Waals surface area contributed by atoms with E-state index in [4.69, 9.17) is 0 Å². The number of carbonyl (C=O) groups excluding carboxylic acids is 1. The van der Waals surface area contributed by atoms with Crippen molar-refractivity contribution >= 4 is 5.78 Å². The minimum atomic E-state index is -0.552. The highest BCUT2D eigenvalue weighted by molar-refractivity contribution is 5.85. The normalized spacial score (nSPS) is 13.8. The van der Waals surface area contributed by atoms with E-state index in [2.05, 4.69) is 34.6 Å². The minimum Gasteiger partial charge on any atom is -0.388 e. The van der Waals surface area contributed by atoms with Crippen molar-refractivity contribution in [1.29, 1.82) is 0 Å². The Kier molecular flexibility index (Phi) is 5.94. The van der Waals surface area contributed by atoms with Gasteiger partial charge >= 0.3 is 0 Å². The van der Waals surface area contributed by atoms with Gasteiger partial charge in [0.2, 0.25) is 0 Å². The van der Waals surface area contributed by atoms with E-state index in [-0.39, 0.29) is 11.2 Å². The van der Waals surface area contributed by atoms with Crippen molar-refractivity contribution in [3.63, 3.8) is 0 Å². The lowest BCUT2D eigenvalue weighted by molar-refractivity contribution is -0.133. The second kappa shape index (κ2) is 7.03. The van der Waals surface area contributed by atoms with Crippen LogP contribution >= 0.6 is 0 Å². The molecule has 1 aromatic rings. The molecular formula is C18H28O2. The van der Waals surface area contributed by atoms with Crippen LogP contribution in [-0.4, -0.2) is 10.9 Å². The molecule has 0 heterocycles. The van der Waals surface area contributed by atoms with Gasteiger partial charge in [-0.3, -0.25) is 4.79 Å². The predicted molar refractivity (Wildman–Crippen MR) is 83.4 cm³/mol. The van der Waals surface area contributed by atoms with Gasteiger partial charge in [0.25, 0.3) is 0 Å². The molecule has 0 aromatic heterocycles. The van der Waals surface area contributed by atoms with Gasteiger partial charge in [-0.05, 0) is 23.8 Å². The fourth-order valence-electron chi connectivity index (χ4n) is 2.69. The van der Waals surface area contributed by atoms with E-state index in [1.807, 2.05) is 30.3 Å². The molecule has 20 heavy (non-hydrogen) atoms. The number of hydrogen-bond acceptors (Lipinski definition) is 2. The zero-order valence-corrected chi connectivity index (χ0v) is 13.4.